The number of rotatable bonds is 11. The Labute approximate surface area is 231 Å². The highest BCUT2D eigenvalue weighted by atomic mass is 35.5. The predicted octanol–water partition coefficient (Wildman–Crippen LogP) is 4.96. The molecule has 10 heteroatoms. The molecule has 0 radical (unpaired) electrons. The molecule has 2 heterocycles. The van der Waals surface area contributed by atoms with Crippen LogP contribution >= 0.6 is 11.6 Å². The minimum absolute atomic E-state index is 0.172. The first kappa shape index (κ1) is 26.5. The van der Waals surface area contributed by atoms with Crippen LogP contribution in [0.5, 0.6) is 23.1 Å². The second-order valence-corrected chi connectivity index (χ2v) is 9.75. The standard InChI is InChI=1S/C29H29ClN4O5/c1-37-24-15-20-22(16-25(24)38-2)31-13-9-23(20)39-26-21(30)14-19(17-33-26)34-28(36)29(10-11-29)27(35)32-12-8-18-6-4-3-5-7-18/h3-7,9,13-17,28,34,36H,8,10-12H2,1-2H3,(H,32,35). The van der Waals surface area contributed by atoms with Crippen LogP contribution in [0.25, 0.3) is 10.9 Å². The Morgan fingerprint density at radius 1 is 1.05 bits per heavy atom. The molecular formula is C29H29ClN4O5. The van der Waals surface area contributed by atoms with Gasteiger partial charge in [0, 0.05) is 24.2 Å². The monoisotopic (exact) mass is 548 g/mol. The maximum Gasteiger partial charge on any atom is 0.238 e. The third-order valence-electron chi connectivity index (χ3n) is 6.83. The molecule has 4 aromatic rings. The topological polar surface area (TPSA) is 115 Å². The van der Waals surface area contributed by atoms with E-state index in [4.69, 9.17) is 25.8 Å². The highest BCUT2D eigenvalue weighted by Crippen LogP contribution is 2.49. The average molecular weight is 549 g/mol. The molecule has 1 aliphatic carbocycles. The number of pyridine rings is 2. The highest BCUT2D eigenvalue weighted by Gasteiger charge is 2.55. The van der Waals surface area contributed by atoms with Gasteiger partial charge in [-0.1, -0.05) is 41.9 Å². The molecule has 5 rings (SSSR count). The van der Waals surface area contributed by atoms with E-state index >= 15 is 0 Å². The van der Waals surface area contributed by atoms with Gasteiger partial charge in [-0.05, 0) is 43.0 Å². The van der Waals surface area contributed by atoms with Crippen LogP contribution < -0.4 is 24.8 Å². The zero-order valence-electron chi connectivity index (χ0n) is 21.6. The van der Waals surface area contributed by atoms with Crippen molar-refractivity contribution in [3.63, 3.8) is 0 Å². The van der Waals surface area contributed by atoms with E-state index in [9.17, 15) is 9.90 Å². The van der Waals surface area contributed by atoms with Crippen molar-refractivity contribution in [2.45, 2.75) is 25.5 Å². The summed E-state index contributed by atoms with van der Waals surface area (Å²) in [7, 11) is 3.11. The summed E-state index contributed by atoms with van der Waals surface area (Å²) < 4.78 is 16.8. The maximum absolute atomic E-state index is 12.9. The number of carbonyl (C=O) groups excluding carboxylic acids is 1. The SMILES string of the molecule is COc1cc2nccc(Oc3ncc(NC(O)C4(C(=O)NCCc5ccccc5)CC4)cc3Cl)c2cc1OC. The summed E-state index contributed by atoms with van der Waals surface area (Å²) in [5.74, 6) is 1.58. The summed E-state index contributed by atoms with van der Waals surface area (Å²) in [4.78, 5) is 21.6. The molecule has 0 bridgehead atoms. The molecule has 0 spiro atoms. The summed E-state index contributed by atoms with van der Waals surface area (Å²) in [6, 6.07) is 16.8. The number of anilines is 1. The lowest BCUT2D eigenvalue weighted by molar-refractivity contribution is -0.129. The Morgan fingerprint density at radius 3 is 2.49 bits per heavy atom. The van der Waals surface area contributed by atoms with Gasteiger partial charge in [0.05, 0.1) is 37.0 Å². The van der Waals surface area contributed by atoms with Gasteiger partial charge in [-0.25, -0.2) is 4.98 Å². The fourth-order valence-electron chi connectivity index (χ4n) is 4.42. The molecule has 0 saturated heterocycles. The second kappa shape index (κ2) is 11.3. The van der Waals surface area contributed by atoms with Crippen LogP contribution in [0.3, 0.4) is 0 Å². The Hall–Kier alpha value is -4.08. The molecule has 1 saturated carbocycles. The number of benzene rings is 2. The van der Waals surface area contributed by atoms with Gasteiger partial charge in [0.25, 0.3) is 0 Å². The van der Waals surface area contributed by atoms with Crippen molar-refractivity contribution in [2.24, 2.45) is 5.41 Å². The van der Waals surface area contributed by atoms with E-state index < -0.39 is 11.6 Å². The van der Waals surface area contributed by atoms with Crippen LogP contribution in [-0.2, 0) is 11.2 Å². The van der Waals surface area contributed by atoms with E-state index in [1.807, 2.05) is 30.3 Å². The summed E-state index contributed by atoms with van der Waals surface area (Å²) in [5.41, 5.74) is 1.38. The molecule has 1 aliphatic rings. The number of carbonyl (C=O) groups is 1. The quantitative estimate of drug-likeness (QED) is 0.225. The van der Waals surface area contributed by atoms with Crippen LogP contribution in [0, 0.1) is 5.41 Å². The molecule has 1 unspecified atom stereocenters. The zero-order chi connectivity index (χ0) is 27.4. The smallest absolute Gasteiger partial charge is 0.238 e. The minimum atomic E-state index is -1.09. The van der Waals surface area contributed by atoms with E-state index in [1.54, 1.807) is 44.7 Å². The van der Waals surface area contributed by atoms with Crippen molar-refractivity contribution in [3.05, 3.63) is 77.6 Å². The van der Waals surface area contributed by atoms with Crippen molar-refractivity contribution in [2.75, 3.05) is 26.1 Å². The molecule has 1 fully saturated rings. The zero-order valence-corrected chi connectivity index (χ0v) is 22.4. The number of aliphatic hydroxyl groups excluding tert-OH is 1. The Bertz CT molecular complexity index is 1480. The summed E-state index contributed by atoms with van der Waals surface area (Å²) in [5, 5.41) is 17.7. The highest BCUT2D eigenvalue weighted by molar-refractivity contribution is 6.32. The maximum atomic E-state index is 12.9. The van der Waals surface area contributed by atoms with Gasteiger partial charge < -0.3 is 30.0 Å². The number of hydrogen-bond acceptors (Lipinski definition) is 8. The predicted molar refractivity (Wildman–Crippen MR) is 149 cm³/mol. The summed E-state index contributed by atoms with van der Waals surface area (Å²) >= 11 is 6.49. The fourth-order valence-corrected chi connectivity index (χ4v) is 4.62. The van der Waals surface area contributed by atoms with Crippen molar-refractivity contribution >= 4 is 34.1 Å². The number of ether oxygens (including phenoxy) is 3. The lowest BCUT2D eigenvalue weighted by atomic mass is 10.0. The molecule has 202 valence electrons. The van der Waals surface area contributed by atoms with Crippen LogP contribution in [0.1, 0.15) is 18.4 Å². The summed E-state index contributed by atoms with van der Waals surface area (Å²) in [6.07, 6.45) is 3.92. The van der Waals surface area contributed by atoms with E-state index in [0.717, 1.165) is 12.0 Å². The van der Waals surface area contributed by atoms with Crippen LogP contribution in [0.2, 0.25) is 5.02 Å². The van der Waals surface area contributed by atoms with Gasteiger partial charge in [0.2, 0.25) is 11.8 Å². The summed E-state index contributed by atoms with van der Waals surface area (Å²) in [6.45, 7) is 0.499. The Morgan fingerprint density at radius 2 is 1.79 bits per heavy atom. The third kappa shape index (κ3) is 5.69. The first-order chi connectivity index (χ1) is 18.9. The minimum Gasteiger partial charge on any atom is -0.493 e. The van der Waals surface area contributed by atoms with Crippen molar-refractivity contribution in [1.29, 1.82) is 0 Å². The number of aromatic nitrogens is 2. The number of nitrogens with one attached hydrogen (secondary N) is 2. The molecule has 39 heavy (non-hydrogen) atoms. The van der Waals surface area contributed by atoms with Crippen molar-refractivity contribution in [3.8, 4) is 23.1 Å². The average Bonchev–Trinajstić information content (AvgIpc) is 3.77. The van der Waals surface area contributed by atoms with Gasteiger partial charge in [0.1, 0.15) is 17.0 Å². The molecule has 0 aliphatic heterocycles. The number of methoxy groups -OCH3 is 2. The first-order valence-corrected chi connectivity index (χ1v) is 12.9. The van der Waals surface area contributed by atoms with E-state index in [0.29, 0.717) is 53.2 Å². The lowest BCUT2D eigenvalue weighted by Crippen LogP contribution is -2.43. The van der Waals surface area contributed by atoms with Crippen LogP contribution in [0.4, 0.5) is 5.69 Å². The number of hydrogen-bond donors (Lipinski definition) is 3. The van der Waals surface area contributed by atoms with Gasteiger partial charge in [-0.15, -0.1) is 0 Å². The molecule has 9 nitrogen and oxygen atoms in total. The Kier molecular flexibility index (Phi) is 7.72. The number of fused-ring (bicyclic) bond motifs is 1. The fraction of sp³-hybridized carbons (Fsp3) is 0.276. The largest absolute Gasteiger partial charge is 0.493 e. The molecule has 2 aromatic carbocycles. The van der Waals surface area contributed by atoms with Crippen molar-refractivity contribution < 1.29 is 24.1 Å². The number of nitrogens with zero attached hydrogens (tertiary/aromatic N) is 2. The van der Waals surface area contributed by atoms with E-state index in [2.05, 4.69) is 20.6 Å². The van der Waals surface area contributed by atoms with Crippen LogP contribution in [-0.4, -0.2) is 48.0 Å². The normalized spacial score (nSPS) is 14.4. The molecular weight excluding hydrogens is 520 g/mol. The number of amides is 1. The van der Waals surface area contributed by atoms with Gasteiger partial charge in [-0.2, -0.15) is 0 Å². The van der Waals surface area contributed by atoms with Gasteiger partial charge >= 0.3 is 0 Å². The molecule has 1 atom stereocenters. The molecule has 1 amide bonds. The van der Waals surface area contributed by atoms with Gasteiger partial charge in [-0.3, -0.25) is 9.78 Å². The Balaban J connectivity index is 1.25. The van der Waals surface area contributed by atoms with Gasteiger partial charge in [0.15, 0.2) is 11.5 Å². The van der Waals surface area contributed by atoms with E-state index in [1.165, 1.54) is 6.20 Å². The lowest BCUT2D eigenvalue weighted by Gasteiger charge is -2.23. The molecule has 2 aromatic heterocycles. The molecule has 3 N–H and O–H groups in total. The second-order valence-electron chi connectivity index (χ2n) is 9.34. The number of halogens is 1. The van der Waals surface area contributed by atoms with Crippen molar-refractivity contribution in [1.82, 2.24) is 15.3 Å². The van der Waals surface area contributed by atoms with Crippen LogP contribution in [0.15, 0.2) is 67.0 Å². The number of aliphatic hydroxyl groups is 1. The van der Waals surface area contributed by atoms with E-state index in [-0.39, 0.29) is 16.8 Å². The third-order valence-corrected chi connectivity index (χ3v) is 7.10. The first-order valence-electron chi connectivity index (χ1n) is 12.5.